The number of hydrogen-bond donors (Lipinski definition) is 3. The van der Waals surface area contributed by atoms with Gasteiger partial charge in [-0.15, -0.1) is 0 Å². The molecule has 0 spiro atoms. The highest BCUT2D eigenvalue weighted by molar-refractivity contribution is 5.96. The number of anilines is 1. The number of hydrogen-bond acceptors (Lipinski definition) is 3. The van der Waals surface area contributed by atoms with Gasteiger partial charge in [-0.1, -0.05) is 48.5 Å². The Morgan fingerprint density at radius 1 is 1.28 bits per heavy atom. The highest BCUT2D eigenvalue weighted by Gasteiger charge is 2.12. The molecule has 0 aliphatic rings. The summed E-state index contributed by atoms with van der Waals surface area (Å²) in [7, 11) is 0. The molecule has 0 aromatic heterocycles. The van der Waals surface area contributed by atoms with E-state index in [1.54, 1.807) is 0 Å². The molecule has 0 radical (unpaired) electrons. The molecular weight excluding hydrogens is 226 g/mol. The van der Waals surface area contributed by atoms with Gasteiger partial charge in [-0.2, -0.15) is 0 Å². The minimum atomic E-state index is -0.166. The van der Waals surface area contributed by atoms with E-state index in [1.807, 2.05) is 31.2 Å². The van der Waals surface area contributed by atoms with Gasteiger partial charge in [0.2, 0.25) is 0 Å². The maximum absolute atomic E-state index is 8.75. The molecule has 4 N–H and O–H groups in total. The maximum atomic E-state index is 8.75. The quantitative estimate of drug-likeness (QED) is 0.334. The predicted molar refractivity (Wildman–Crippen MR) is 75.1 cm³/mol. The van der Waals surface area contributed by atoms with Crippen molar-refractivity contribution in [3.8, 4) is 0 Å². The maximum Gasteiger partial charge on any atom is 0.161 e. The summed E-state index contributed by atoms with van der Waals surface area (Å²) in [6.45, 7) is 1.99. The van der Waals surface area contributed by atoms with Gasteiger partial charge in [0, 0.05) is 11.1 Å². The summed E-state index contributed by atoms with van der Waals surface area (Å²) in [5, 5.41) is 17.4. The molecule has 94 valence electrons. The zero-order chi connectivity index (χ0) is 13.0. The third-order valence-electron chi connectivity index (χ3n) is 3.00. The average molecular weight is 243 g/mol. The number of amidine groups is 1. The van der Waals surface area contributed by atoms with Crippen molar-refractivity contribution in [3.05, 3.63) is 42.5 Å². The zero-order valence-electron chi connectivity index (χ0n) is 10.3. The number of benzene rings is 2. The molecular formula is C14H17N3O. The first-order chi connectivity index (χ1) is 8.76. The number of nitrogens with one attached hydrogen (secondary N) is 1. The minimum Gasteiger partial charge on any atom is -0.409 e. The van der Waals surface area contributed by atoms with Crippen LogP contribution in [0.1, 0.15) is 13.3 Å². The van der Waals surface area contributed by atoms with Crippen LogP contribution in [0.25, 0.3) is 10.8 Å². The number of nitrogens with zero attached hydrogens (tertiary/aromatic N) is 1. The second-order valence-electron chi connectivity index (χ2n) is 4.16. The Balaban J connectivity index is 2.37. The highest BCUT2D eigenvalue weighted by atomic mass is 16.4. The summed E-state index contributed by atoms with van der Waals surface area (Å²) in [5.74, 6) is 0.199. The molecule has 4 heteroatoms. The fourth-order valence-corrected chi connectivity index (χ4v) is 1.99. The molecule has 2 rings (SSSR count). The molecule has 2 aromatic carbocycles. The topological polar surface area (TPSA) is 70.6 Å². The van der Waals surface area contributed by atoms with Gasteiger partial charge < -0.3 is 16.3 Å². The van der Waals surface area contributed by atoms with Crippen LogP contribution in [0.4, 0.5) is 5.69 Å². The van der Waals surface area contributed by atoms with Gasteiger partial charge in [-0.3, -0.25) is 0 Å². The van der Waals surface area contributed by atoms with Crippen molar-refractivity contribution in [2.45, 2.75) is 19.4 Å². The lowest BCUT2D eigenvalue weighted by atomic mass is 10.1. The molecule has 1 atom stereocenters. The predicted octanol–water partition coefficient (Wildman–Crippen LogP) is 2.78. The summed E-state index contributed by atoms with van der Waals surface area (Å²) in [4.78, 5) is 0. The third kappa shape index (κ3) is 2.37. The molecule has 0 heterocycles. The summed E-state index contributed by atoms with van der Waals surface area (Å²) >= 11 is 0. The van der Waals surface area contributed by atoms with Crippen LogP contribution in [0.2, 0.25) is 0 Å². The normalized spacial score (nSPS) is 13.5. The van der Waals surface area contributed by atoms with Crippen LogP contribution in [-0.4, -0.2) is 17.1 Å². The smallest absolute Gasteiger partial charge is 0.161 e. The van der Waals surface area contributed by atoms with Gasteiger partial charge in [0.05, 0.1) is 6.04 Å². The first-order valence-corrected chi connectivity index (χ1v) is 5.98. The van der Waals surface area contributed by atoms with E-state index < -0.39 is 0 Å². The Bertz CT molecular complexity index is 560. The van der Waals surface area contributed by atoms with Gasteiger partial charge in [-0.25, -0.2) is 0 Å². The van der Waals surface area contributed by atoms with E-state index in [0.717, 1.165) is 22.9 Å². The van der Waals surface area contributed by atoms with E-state index in [4.69, 9.17) is 10.9 Å². The minimum absolute atomic E-state index is 0.166. The lowest BCUT2D eigenvalue weighted by molar-refractivity contribution is 0.316. The molecule has 0 fully saturated rings. The molecule has 18 heavy (non-hydrogen) atoms. The lowest BCUT2D eigenvalue weighted by Crippen LogP contribution is -2.35. The zero-order valence-corrected chi connectivity index (χ0v) is 10.3. The molecule has 0 saturated heterocycles. The second-order valence-corrected chi connectivity index (χ2v) is 4.16. The standard InChI is InChI=1S/C14H17N3O/c1-2-12(14(15)17-18)16-13-9-5-7-10-6-3-4-8-11(10)13/h3-9,12,16,18H,2H2,1H3,(H2,15,17). The molecule has 0 amide bonds. The van der Waals surface area contributed by atoms with Crippen molar-refractivity contribution < 1.29 is 5.21 Å². The molecule has 4 nitrogen and oxygen atoms in total. The number of nitrogens with two attached hydrogens (primary N) is 1. The Hall–Kier alpha value is -2.23. The van der Waals surface area contributed by atoms with Crippen molar-refractivity contribution in [2.24, 2.45) is 10.9 Å². The highest BCUT2D eigenvalue weighted by Crippen LogP contribution is 2.23. The fraction of sp³-hybridized carbons (Fsp3) is 0.214. The Labute approximate surface area is 106 Å². The van der Waals surface area contributed by atoms with E-state index in [0.29, 0.717) is 0 Å². The van der Waals surface area contributed by atoms with E-state index in [1.165, 1.54) is 0 Å². The third-order valence-corrected chi connectivity index (χ3v) is 3.00. The second kappa shape index (κ2) is 5.40. The molecule has 0 saturated carbocycles. The number of fused-ring (bicyclic) bond motifs is 1. The molecule has 2 aromatic rings. The van der Waals surface area contributed by atoms with Gasteiger partial charge in [0.15, 0.2) is 5.84 Å². The summed E-state index contributed by atoms with van der Waals surface area (Å²) in [6.07, 6.45) is 0.749. The van der Waals surface area contributed by atoms with Crippen LogP contribution >= 0.6 is 0 Å². The Morgan fingerprint density at radius 3 is 2.72 bits per heavy atom. The van der Waals surface area contributed by atoms with Gasteiger partial charge in [0.1, 0.15) is 0 Å². The van der Waals surface area contributed by atoms with Crippen LogP contribution in [-0.2, 0) is 0 Å². The molecule has 0 aliphatic carbocycles. The largest absolute Gasteiger partial charge is 0.409 e. The Morgan fingerprint density at radius 2 is 2.00 bits per heavy atom. The summed E-state index contributed by atoms with van der Waals surface area (Å²) < 4.78 is 0. The first-order valence-electron chi connectivity index (χ1n) is 5.98. The van der Waals surface area contributed by atoms with Crippen molar-refractivity contribution in [1.29, 1.82) is 0 Å². The van der Waals surface area contributed by atoms with E-state index >= 15 is 0 Å². The fourth-order valence-electron chi connectivity index (χ4n) is 1.99. The van der Waals surface area contributed by atoms with E-state index in [9.17, 15) is 0 Å². The van der Waals surface area contributed by atoms with Crippen molar-refractivity contribution >= 4 is 22.3 Å². The molecule has 0 bridgehead atoms. The van der Waals surface area contributed by atoms with Crippen molar-refractivity contribution in [3.63, 3.8) is 0 Å². The van der Waals surface area contributed by atoms with Crippen LogP contribution in [0.3, 0.4) is 0 Å². The number of rotatable bonds is 4. The Kier molecular flexibility index (Phi) is 3.67. The number of oxime groups is 1. The summed E-state index contributed by atoms with van der Waals surface area (Å²) in [5.41, 5.74) is 6.65. The van der Waals surface area contributed by atoms with E-state index in [2.05, 4.69) is 28.7 Å². The van der Waals surface area contributed by atoms with Crippen LogP contribution < -0.4 is 11.1 Å². The van der Waals surface area contributed by atoms with Crippen LogP contribution in [0.15, 0.2) is 47.6 Å². The van der Waals surface area contributed by atoms with Crippen molar-refractivity contribution in [2.75, 3.05) is 5.32 Å². The average Bonchev–Trinajstić information content (AvgIpc) is 2.44. The van der Waals surface area contributed by atoms with Crippen LogP contribution in [0.5, 0.6) is 0 Å². The molecule has 1 unspecified atom stereocenters. The van der Waals surface area contributed by atoms with Gasteiger partial charge in [-0.05, 0) is 17.9 Å². The van der Waals surface area contributed by atoms with Gasteiger partial charge in [0.25, 0.3) is 0 Å². The monoisotopic (exact) mass is 243 g/mol. The van der Waals surface area contributed by atoms with Gasteiger partial charge >= 0.3 is 0 Å². The first kappa shape index (κ1) is 12.2. The van der Waals surface area contributed by atoms with Crippen molar-refractivity contribution in [1.82, 2.24) is 0 Å². The van der Waals surface area contributed by atoms with E-state index in [-0.39, 0.29) is 11.9 Å². The molecule has 0 aliphatic heterocycles. The lowest BCUT2D eigenvalue weighted by Gasteiger charge is -2.18. The summed E-state index contributed by atoms with van der Waals surface area (Å²) in [6, 6.07) is 14.0. The SMILES string of the molecule is CCC(Nc1cccc2ccccc12)C(N)=NO. The van der Waals surface area contributed by atoms with Crippen LogP contribution in [0, 0.1) is 0 Å².